The van der Waals surface area contributed by atoms with Gasteiger partial charge in [-0.3, -0.25) is 0 Å². The summed E-state index contributed by atoms with van der Waals surface area (Å²) in [5.74, 6) is 0.990. The van der Waals surface area contributed by atoms with E-state index in [0.29, 0.717) is 0 Å². The molecule has 1 atom stereocenters. The van der Waals surface area contributed by atoms with Crippen LogP contribution in [0.4, 0.5) is 0 Å². The highest BCUT2D eigenvalue weighted by molar-refractivity contribution is 7.99. The Morgan fingerprint density at radius 1 is 1.53 bits per heavy atom. The summed E-state index contributed by atoms with van der Waals surface area (Å²) in [5, 5.41) is 10.0. The predicted molar refractivity (Wildman–Crippen MR) is 63.9 cm³/mol. The summed E-state index contributed by atoms with van der Waals surface area (Å²) in [6.45, 7) is 1.92. The molecular formula is C11H18N2OS. The maximum absolute atomic E-state index is 8.97. The van der Waals surface area contributed by atoms with Gasteiger partial charge in [0.25, 0.3) is 0 Å². The van der Waals surface area contributed by atoms with Gasteiger partial charge in [0.1, 0.15) is 0 Å². The summed E-state index contributed by atoms with van der Waals surface area (Å²) < 4.78 is 0. The van der Waals surface area contributed by atoms with Gasteiger partial charge < -0.3 is 10.8 Å². The third-order valence-corrected chi connectivity index (χ3v) is 3.17. The number of rotatable bonds is 6. The Hall–Kier alpha value is -0.580. The summed E-state index contributed by atoms with van der Waals surface area (Å²) in [7, 11) is 0. The highest BCUT2D eigenvalue weighted by Crippen LogP contribution is 2.17. The van der Waals surface area contributed by atoms with Crippen molar-refractivity contribution in [2.24, 2.45) is 5.73 Å². The quantitative estimate of drug-likeness (QED) is 0.572. The van der Waals surface area contributed by atoms with Gasteiger partial charge in [-0.05, 0) is 37.7 Å². The van der Waals surface area contributed by atoms with E-state index in [1.165, 1.54) is 0 Å². The zero-order valence-corrected chi connectivity index (χ0v) is 9.83. The SMILES string of the molecule is CC(N)(CO)CCCSc1ccccn1. The lowest BCUT2D eigenvalue weighted by molar-refractivity contribution is 0.200. The van der Waals surface area contributed by atoms with Crippen molar-refractivity contribution >= 4 is 11.8 Å². The minimum absolute atomic E-state index is 0.0429. The van der Waals surface area contributed by atoms with E-state index in [1.54, 1.807) is 18.0 Å². The maximum Gasteiger partial charge on any atom is 0.0959 e. The molecular weight excluding hydrogens is 208 g/mol. The van der Waals surface area contributed by atoms with Gasteiger partial charge in [0.05, 0.1) is 11.6 Å². The van der Waals surface area contributed by atoms with Crippen molar-refractivity contribution in [1.29, 1.82) is 0 Å². The van der Waals surface area contributed by atoms with Crippen molar-refractivity contribution in [3.8, 4) is 0 Å². The molecule has 0 radical (unpaired) electrons. The fourth-order valence-electron chi connectivity index (χ4n) is 1.16. The van der Waals surface area contributed by atoms with E-state index in [4.69, 9.17) is 10.8 Å². The largest absolute Gasteiger partial charge is 0.394 e. The van der Waals surface area contributed by atoms with Crippen LogP contribution in [-0.2, 0) is 0 Å². The number of thioether (sulfide) groups is 1. The lowest BCUT2D eigenvalue weighted by Gasteiger charge is -2.20. The van der Waals surface area contributed by atoms with Gasteiger partial charge in [0.15, 0.2) is 0 Å². The number of hydrogen-bond donors (Lipinski definition) is 2. The van der Waals surface area contributed by atoms with Gasteiger partial charge in [0, 0.05) is 11.7 Å². The van der Waals surface area contributed by atoms with Crippen LogP contribution >= 0.6 is 11.8 Å². The van der Waals surface area contributed by atoms with Crippen molar-refractivity contribution in [3.05, 3.63) is 24.4 Å². The van der Waals surface area contributed by atoms with Gasteiger partial charge in [-0.25, -0.2) is 4.98 Å². The molecule has 1 unspecified atom stereocenters. The topological polar surface area (TPSA) is 59.1 Å². The Labute approximate surface area is 95.1 Å². The van der Waals surface area contributed by atoms with Crippen molar-refractivity contribution in [2.75, 3.05) is 12.4 Å². The first-order valence-corrected chi connectivity index (χ1v) is 6.06. The minimum Gasteiger partial charge on any atom is -0.394 e. The maximum atomic E-state index is 8.97. The number of aliphatic hydroxyl groups excluding tert-OH is 1. The number of nitrogens with two attached hydrogens (primary N) is 1. The Kier molecular flexibility index (Phi) is 5.08. The van der Waals surface area contributed by atoms with Crippen molar-refractivity contribution in [3.63, 3.8) is 0 Å². The molecule has 0 saturated heterocycles. The molecule has 0 saturated carbocycles. The third kappa shape index (κ3) is 5.16. The molecule has 3 N–H and O–H groups in total. The number of aromatic nitrogens is 1. The number of pyridine rings is 1. The molecule has 0 fully saturated rings. The van der Waals surface area contributed by atoms with Crippen LogP contribution in [0, 0.1) is 0 Å². The van der Waals surface area contributed by atoms with Gasteiger partial charge >= 0.3 is 0 Å². The molecule has 0 amide bonds. The van der Waals surface area contributed by atoms with Crippen LogP contribution in [0.3, 0.4) is 0 Å². The van der Waals surface area contributed by atoms with Crippen LogP contribution in [0.5, 0.6) is 0 Å². The zero-order chi connectivity index (χ0) is 11.1. The van der Waals surface area contributed by atoms with Crippen molar-refractivity contribution < 1.29 is 5.11 Å². The first kappa shape index (κ1) is 12.5. The third-order valence-electron chi connectivity index (χ3n) is 2.14. The van der Waals surface area contributed by atoms with Gasteiger partial charge in [-0.1, -0.05) is 6.07 Å². The summed E-state index contributed by atoms with van der Waals surface area (Å²) in [5.41, 5.74) is 5.38. The molecule has 0 aliphatic heterocycles. The fourth-order valence-corrected chi connectivity index (χ4v) is 1.97. The van der Waals surface area contributed by atoms with Crippen LogP contribution < -0.4 is 5.73 Å². The van der Waals surface area contributed by atoms with Crippen molar-refractivity contribution in [2.45, 2.75) is 30.3 Å². The minimum atomic E-state index is -0.440. The Balaban J connectivity index is 2.18. The molecule has 1 heterocycles. The van der Waals surface area contributed by atoms with E-state index in [2.05, 4.69) is 4.98 Å². The first-order chi connectivity index (χ1) is 7.14. The first-order valence-electron chi connectivity index (χ1n) is 5.08. The van der Waals surface area contributed by atoms with Gasteiger partial charge in [-0.15, -0.1) is 11.8 Å². The monoisotopic (exact) mass is 226 g/mol. The molecule has 0 spiro atoms. The summed E-state index contributed by atoms with van der Waals surface area (Å²) >= 11 is 1.72. The Morgan fingerprint density at radius 3 is 2.93 bits per heavy atom. The van der Waals surface area contributed by atoms with E-state index in [-0.39, 0.29) is 6.61 Å². The smallest absolute Gasteiger partial charge is 0.0959 e. The van der Waals surface area contributed by atoms with Crippen LogP contribution in [0.2, 0.25) is 0 Å². The lowest BCUT2D eigenvalue weighted by Crippen LogP contribution is -2.40. The zero-order valence-electron chi connectivity index (χ0n) is 9.02. The highest BCUT2D eigenvalue weighted by atomic mass is 32.2. The molecule has 4 heteroatoms. The van der Waals surface area contributed by atoms with Gasteiger partial charge in [0.2, 0.25) is 0 Å². The molecule has 0 aromatic carbocycles. The predicted octanol–water partition coefficient (Wildman–Crippen LogP) is 1.66. The number of nitrogens with zero attached hydrogens (tertiary/aromatic N) is 1. The lowest BCUT2D eigenvalue weighted by atomic mass is 9.99. The molecule has 84 valence electrons. The van der Waals surface area contributed by atoms with E-state index >= 15 is 0 Å². The average molecular weight is 226 g/mol. The summed E-state index contributed by atoms with van der Waals surface area (Å²) in [4.78, 5) is 4.22. The molecule has 15 heavy (non-hydrogen) atoms. The van der Waals surface area contributed by atoms with Crippen LogP contribution in [0.25, 0.3) is 0 Å². The fraction of sp³-hybridized carbons (Fsp3) is 0.545. The van der Waals surface area contributed by atoms with Crippen molar-refractivity contribution in [1.82, 2.24) is 4.98 Å². The standard InChI is InChI=1S/C11H18N2OS/c1-11(12,9-14)6-4-8-15-10-5-2-3-7-13-10/h2-3,5,7,14H,4,6,8-9,12H2,1H3. The second-order valence-electron chi connectivity index (χ2n) is 3.93. The molecule has 1 aromatic heterocycles. The summed E-state index contributed by atoms with van der Waals surface area (Å²) in [6, 6.07) is 5.89. The van der Waals surface area contributed by atoms with E-state index in [9.17, 15) is 0 Å². The highest BCUT2D eigenvalue weighted by Gasteiger charge is 2.15. The number of aliphatic hydroxyl groups is 1. The normalized spacial score (nSPS) is 14.9. The van der Waals surface area contributed by atoms with Crippen LogP contribution in [-0.4, -0.2) is 28.0 Å². The molecule has 3 nitrogen and oxygen atoms in total. The Morgan fingerprint density at radius 2 is 2.33 bits per heavy atom. The Bertz CT molecular complexity index is 277. The van der Waals surface area contributed by atoms with Gasteiger partial charge in [-0.2, -0.15) is 0 Å². The van der Waals surface area contributed by atoms with E-state index in [0.717, 1.165) is 23.6 Å². The summed E-state index contributed by atoms with van der Waals surface area (Å²) in [6.07, 6.45) is 3.63. The molecule has 1 rings (SSSR count). The molecule has 0 bridgehead atoms. The van der Waals surface area contributed by atoms with Crippen LogP contribution in [0.1, 0.15) is 19.8 Å². The molecule has 0 aliphatic rings. The second-order valence-corrected chi connectivity index (χ2v) is 5.05. The average Bonchev–Trinajstić information content (AvgIpc) is 2.26. The van der Waals surface area contributed by atoms with E-state index < -0.39 is 5.54 Å². The second kappa shape index (κ2) is 6.10. The molecule has 1 aromatic rings. The van der Waals surface area contributed by atoms with E-state index in [1.807, 2.05) is 25.1 Å². The molecule has 0 aliphatic carbocycles. The number of hydrogen-bond acceptors (Lipinski definition) is 4. The van der Waals surface area contributed by atoms with Crippen LogP contribution in [0.15, 0.2) is 29.4 Å².